The van der Waals surface area contributed by atoms with Gasteiger partial charge in [0.1, 0.15) is 0 Å². The third-order valence-corrected chi connectivity index (χ3v) is 4.47. The second-order valence-electron chi connectivity index (χ2n) is 5.76. The lowest BCUT2D eigenvalue weighted by molar-refractivity contribution is 0.210. The molecule has 0 aromatic heterocycles. The molecule has 0 amide bonds. The Bertz CT molecular complexity index is 405. The molecule has 0 radical (unpaired) electrons. The molecule has 19 heavy (non-hydrogen) atoms. The Hall–Kier alpha value is -0.570. The number of likely N-dealkylation sites (tertiary alicyclic amines) is 1. The highest BCUT2D eigenvalue weighted by Crippen LogP contribution is 2.34. The molecule has 0 aliphatic carbocycles. The predicted octanol–water partition coefficient (Wildman–Crippen LogP) is 3.85. The third kappa shape index (κ3) is 3.50. The molecule has 2 N–H and O–H groups in total. The number of hydrogen-bond acceptors (Lipinski definition) is 2. The first-order chi connectivity index (χ1) is 9.13. The van der Waals surface area contributed by atoms with E-state index in [4.69, 9.17) is 17.3 Å². The summed E-state index contributed by atoms with van der Waals surface area (Å²) in [6.07, 6.45) is 3.89. The smallest absolute Gasteiger partial charge is 0.0511 e. The van der Waals surface area contributed by atoms with Crippen LogP contribution in [0.3, 0.4) is 0 Å². The van der Waals surface area contributed by atoms with E-state index in [2.05, 4.69) is 30.9 Å². The van der Waals surface area contributed by atoms with Crippen LogP contribution in [0.25, 0.3) is 0 Å². The molecule has 0 saturated carbocycles. The normalized spacial score (nSPS) is 23.5. The first-order valence-corrected chi connectivity index (χ1v) is 7.75. The lowest BCUT2D eigenvalue weighted by atomic mass is 9.99. The molecule has 1 aliphatic heterocycles. The molecule has 3 heteroatoms. The molecule has 3 unspecified atom stereocenters. The summed E-state index contributed by atoms with van der Waals surface area (Å²) in [7, 11) is 0. The fourth-order valence-electron chi connectivity index (χ4n) is 3.29. The molecule has 1 heterocycles. The van der Waals surface area contributed by atoms with Crippen LogP contribution in [0, 0.1) is 5.92 Å². The van der Waals surface area contributed by atoms with Crippen LogP contribution >= 0.6 is 11.6 Å². The summed E-state index contributed by atoms with van der Waals surface area (Å²) in [6.45, 7) is 6.65. The van der Waals surface area contributed by atoms with E-state index in [1.807, 2.05) is 12.1 Å². The zero-order valence-corrected chi connectivity index (χ0v) is 12.7. The number of benzene rings is 1. The molecule has 2 nitrogen and oxygen atoms in total. The zero-order chi connectivity index (χ0) is 13.8. The number of rotatable bonds is 5. The average Bonchev–Trinajstić information content (AvgIpc) is 2.80. The average molecular weight is 281 g/mol. The number of nitrogens with zero attached hydrogens (tertiary/aromatic N) is 1. The van der Waals surface area contributed by atoms with E-state index >= 15 is 0 Å². The summed E-state index contributed by atoms with van der Waals surface area (Å²) in [6, 6.07) is 8.45. The quantitative estimate of drug-likeness (QED) is 0.888. The van der Waals surface area contributed by atoms with Crippen molar-refractivity contribution >= 4 is 11.6 Å². The van der Waals surface area contributed by atoms with Crippen LogP contribution in [-0.4, -0.2) is 24.0 Å². The molecule has 2 rings (SSSR count). The van der Waals surface area contributed by atoms with Gasteiger partial charge in [0.05, 0.1) is 6.04 Å². The van der Waals surface area contributed by atoms with E-state index in [1.54, 1.807) is 0 Å². The number of halogens is 1. The van der Waals surface area contributed by atoms with Gasteiger partial charge in [0, 0.05) is 17.6 Å². The van der Waals surface area contributed by atoms with Crippen molar-refractivity contribution in [1.82, 2.24) is 4.90 Å². The summed E-state index contributed by atoms with van der Waals surface area (Å²) in [5.74, 6) is 0.828. The molecule has 1 aromatic carbocycles. The van der Waals surface area contributed by atoms with E-state index in [0.29, 0.717) is 0 Å². The summed E-state index contributed by atoms with van der Waals surface area (Å²) in [5, 5.41) is 0.837. The predicted molar refractivity (Wildman–Crippen MR) is 82.4 cm³/mol. The fourth-order valence-corrected chi connectivity index (χ4v) is 3.53. The van der Waals surface area contributed by atoms with E-state index in [0.717, 1.165) is 24.0 Å². The largest absolute Gasteiger partial charge is 0.326 e. The minimum absolute atomic E-state index is 0.0975. The van der Waals surface area contributed by atoms with Gasteiger partial charge in [-0.25, -0.2) is 0 Å². The van der Waals surface area contributed by atoms with E-state index < -0.39 is 0 Å². The minimum atomic E-state index is 0.0975. The van der Waals surface area contributed by atoms with E-state index in [1.165, 1.54) is 24.8 Å². The van der Waals surface area contributed by atoms with Crippen molar-refractivity contribution in [2.75, 3.05) is 13.1 Å². The van der Waals surface area contributed by atoms with Crippen molar-refractivity contribution in [2.24, 2.45) is 11.7 Å². The van der Waals surface area contributed by atoms with Crippen LogP contribution in [-0.2, 0) is 0 Å². The maximum Gasteiger partial charge on any atom is 0.0511 e. The van der Waals surface area contributed by atoms with Crippen molar-refractivity contribution in [3.63, 3.8) is 0 Å². The van der Waals surface area contributed by atoms with E-state index in [9.17, 15) is 0 Å². The molecule has 1 fully saturated rings. The third-order valence-electron chi connectivity index (χ3n) is 4.13. The zero-order valence-electron chi connectivity index (χ0n) is 12.0. The van der Waals surface area contributed by atoms with Gasteiger partial charge in [-0.05, 0) is 43.9 Å². The van der Waals surface area contributed by atoms with Gasteiger partial charge in [0.2, 0.25) is 0 Å². The van der Waals surface area contributed by atoms with Gasteiger partial charge >= 0.3 is 0 Å². The lowest BCUT2D eigenvalue weighted by Crippen LogP contribution is -2.38. The molecule has 0 spiro atoms. The maximum absolute atomic E-state index is 6.36. The van der Waals surface area contributed by atoms with Crippen molar-refractivity contribution < 1.29 is 0 Å². The highest BCUT2D eigenvalue weighted by atomic mass is 35.5. The standard InChI is InChI=1S/C16H25ClN2/c1-3-6-13-9-10-19(11-13)16(12(2)18)14-7-4-5-8-15(14)17/h4-5,7-8,12-13,16H,3,6,9-11,18H2,1-2H3. The van der Waals surface area contributed by atoms with Crippen LogP contribution in [0.1, 0.15) is 44.7 Å². The van der Waals surface area contributed by atoms with Gasteiger partial charge in [-0.2, -0.15) is 0 Å². The molecular formula is C16H25ClN2. The molecule has 3 atom stereocenters. The highest BCUT2D eigenvalue weighted by Gasteiger charge is 2.31. The van der Waals surface area contributed by atoms with Gasteiger partial charge in [0.25, 0.3) is 0 Å². The van der Waals surface area contributed by atoms with Gasteiger partial charge < -0.3 is 5.73 Å². The molecule has 1 saturated heterocycles. The summed E-state index contributed by atoms with van der Waals surface area (Å²) in [4.78, 5) is 2.52. The second-order valence-corrected chi connectivity index (χ2v) is 6.17. The Morgan fingerprint density at radius 1 is 1.42 bits per heavy atom. The Kier molecular flexibility index (Phi) is 5.26. The van der Waals surface area contributed by atoms with Crippen molar-refractivity contribution in [2.45, 2.75) is 45.2 Å². The Labute approximate surface area is 121 Å². The molecule has 1 aromatic rings. The van der Waals surface area contributed by atoms with Crippen LogP contribution in [0.5, 0.6) is 0 Å². The topological polar surface area (TPSA) is 29.3 Å². The monoisotopic (exact) mass is 280 g/mol. The van der Waals surface area contributed by atoms with Crippen LogP contribution in [0.2, 0.25) is 5.02 Å². The minimum Gasteiger partial charge on any atom is -0.326 e. The molecular weight excluding hydrogens is 256 g/mol. The molecule has 106 valence electrons. The van der Waals surface area contributed by atoms with Crippen LogP contribution in [0.15, 0.2) is 24.3 Å². The Balaban J connectivity index is 2.16. The van der Waals surface area contributed by atoms with Gasteiger partial charge in [-0.3, -0.25) is 4.90 Å². The summed E-state index contributed by atoms with van der Waals surface area (Å²) < 4.78 is 0. The van der Waals surface area contributed by atoms with Crippen molar-refractivity contribution in [3.05, 3.63) is 34.9 Å². The van der Waals surface area contributed by atoms with Gasteiger partial charge in [0.15, 0.2) is 0 Å². The fraction of sp³-hybridized carbons (Fsp3) is 0.625. The highest BCUT2D eigenvalue weighted by molar-refractivity contribution is 6.31. The van der Waals surface area contributed by atoms with Crippen molar-refractivity contribution in [1.29, 1.82) is 0 Å². The first-order valence-electron chi connectivity index (χ1n) is 7.37. The maximum atomic E-state index is 6.36. The van der Waals surface area contributed by atoms with Gasteiger partial charge in [-0.15, -0.1) is 0 Å². The van der Waals surface area contributed by atoms with E-state index in [-0.39, 0.29) is 12.1 Å². The Morgan fingerprint density at radius 2 is 2.16 bits per heavy atom. The van der Waals surface area contributed by atoms with Crippen LogP contribution in [0.4, 0.5) is 0 Å². The molecule has 1 aliphatic rings. The SMILES string of the molecule is CCCC1CCN(C(c2ccccc2Cl)C(C)N)C1. The number of hydrogen-bond donors (Lipinski definition) is 1. The van der Waals surface area contributed by atoms with Gasteiger partial charge in [-0.1, -0.05) is 43.1 Å². The lowest BCUT2D eigenvalue weighted by Gasteiger charge is -2.32. The van der Waals surface area contributed by atoms with Crippen molar-refractivity contribution in [3.8, 4) is 0 Å². The Morgan fingerprint density at radius 3 is 2.79 bits per heavy atom. The summed E-state index contributed by atoms with van der Waals surface area (Å²) in [5.41, 5.74) is 7.41. The number of nitrogens with two attached hydrogens (primary N) is 1. The van der Waals surface area contributed by atoms with Crippen LogP contribution < -0.4 is 5.73 Å². The molecule has 0 bridgehead atoms. The first kappa shape index (κ1) is 14.8. The summed E-state index contributed by atoms with van der Waals surface area (Å²) >= 11 is 6.36. The second kappa shape index (κ2) is 6.74.